The smallest absolute Gasteiger partial charge is 0.870 e. The van der Waals surface area contributed by atoms with E-state index in [0.29, 0.717) is 5.56 Å². The van der Waals surface area contributed by atoms with Crippen molar-refractivity contribution in [2.24, 2.45) is 0 Å². The van der Waals surface area contributed by atoms with Crippen LogP contribution in [0.2, 0.25) is 0 Å². The molecule has 78 valence electrons. The second kappa shape index (κ2) is 5.32. The molecule has 0 aliphatic carbocycles. The Morgan fingerprint density at radius 1 is 1.43 bits per heavy atom. The van der Waals surface area contributed by atoms with E-state index in [2.05, 4.69) is 0 Å². The van der Waals surface area contributed by atoms with Gasteiger partial charge in [0.2, 0.25) is 0 Å². The van der Waals surface area contributed by atoms with Crippen molar-refractivity contribution in [3.05, 3.63) is 29.8 Å². The monoisotopic (exact) mass is 242 g/mol. The summed E-state index contributed by atoms with van der Waals surface area (Å²) >= 11 is 0. The molecular weight excluding hydrogens is 236 g/mol. The number of phenolic OH excluding ortho intramolecular Hbond substituents is 1. The van der Waals surface area contributed by atoms with Crippen LogP contribution >= 0.6 is 0 Å². The van der Waals surface area contributed by atoms with Gasteiger partial charge in [-0.1, -0.05) is 17.9 Å². The van der Waals surface area contributed by atoms with E-state index in [1.807, 2.05) is 0 Å². The predicted octanol–water partition coefficient (Wildman–Crippen LogP) is 0.561. The second-order valence-corrected chi connectivity index (χ2v) is 2.40. The van der Waals surface area contributed by atoms with Crippen LogP contribution in [0.15, 0.2) is 24.3 Å². The Labute approximate surface area is 91.0 Å². The van der Waals surface area contributed by atoms with Crippen LogP contribution in [-0.2, 0) is 21.9 Å². The van der Waals surface area contributed by atoms with Gasteiger partial charge in [0.1, 0.15) is 5.75 Å². The molecule has 5 heteroatoms. The molecule has 0 radical (unpaired) electrons. The van der Waals surface area contributed by atoms with Gasteiger partial charge in [-0.15, -0.1) is 0 Å². The Morgan fingerprint density at radius 3 is 2.57 bits per heavy atom. The standard InChI is InChI=1S/C9H8O4.Cu/c10-7-3-1-6(5-8(7)11)2-4-9(12)13;/h1-5,10-11H,(H,12,13);/q;+1/p-1/b4-2+;. The third kappa shape index (κ3) is 3.51. The minimum Gasteiger partial charge on any atom is -0.870 e. The molecule has 0 heterocycles. The molecule has 1 aromatic carbocycles. The molecule has 0 aromatic heterocycles. The van der Waals surface area contributed by atoms with Gasteiger partial charge >= 0.3 is 23.0 Å². The minimum absolute atomic E-state index is 0. The Balaban J connectivity index is 0.00000169. The van der Waals surface area contributed by atoms with E-state index in [9.17, 15) is 9.90 Å². The third-order valence-corrected chi connectivity index (χ3v) is 1.40. The van der Waals surface area contributed by atoms with E-state index in [-0.39, 0.29) is 22.8 Å². The molecule has 1 rings (SSSR count). The average Bonchev–Trinajstić information content (AvgIpc) is 2.07. The van der Waals surface area contributed by atoms with E-state index in [4.69, 9.17) is 10.2 Å². The van der Waals surface area contributed by atoms with Crippen LogP contribution < -0.4 is 5.11 Å². The van der Waals surface area contributed by atoms with Gasteiger partial charge in [0, 0.05) is 6.08 Å². The first-order chi connectivity index (χ1) is 6.09. The molecule has 1 aromatic rings. The molecule has 0 aliphatic rings. The van der Waals surface area contributed by atoms with Gasteiger partial charge in [-0.25, -0.2) is 4.79 Å². The summed E-state index contributed by atoms with van der Waals surface area (Å²) in [5.74, 6) is -1.94. The third-order valence-electron chi connectivity index (χ3n) is 1.40. The molecule has 0 fully saturated rings. The van der Waals surface area contributed by atoms with E-state index in [0.717, 1.165) is 6.08 Å². The van der Waals surface area contributed by atoms with Crippen LogP contribution in [0.1, 0.15) is 5.56 Å². The zero-order valence-corrected chi connectivity index (χ0v) is 7.84. The van der Waals surface area contributed by atoms with Crippen molar-refractivity contribution >= 4 is 12.0 Å². The van der Waals surface area contributed by atoms with Gasteiger partial charge in [-0.05, 0) is 17.7 Å². The minimum atomic E-state index is -1.08. The maximum absolute atomic E-state index is 10.7. The summed E-state index contributed by atoms with van der Waals surface area (Å²) in [6.07, 6.45) is 2.22. The predicted molar refractivity (Wildman–Crippen MR) is 44.2 cm³/mol. The zero-order valence-electron chi connectivity index (χ0n) is 6.90. The van der Waals surface area contributed by atoms with Crippen molar-refractivity contribution < 1.29 is 37.2 Å². The molecule has 0 bridgehead atoms. The van der Waals surface area contributed by atoms with Crippen molar-refractivity contribution in [2.75, 3.05) is 0 Å². The number of hydrogen-bond acceptors (Lipinski definition) is 3. The Hall–Kier alpha value is -1.45. The van der Waals surface area contributed by atoms with Gasteiger partial charge < -0.3 is 15.3 Å². The van der Waals surface area contributed by atoms with Crippen molar-refractivity contribution in [1.29, 1.82) is 0 Å². The summed E-state index contributed by atoms with van der Waals surface area (Å²) in [4.78, 5) is 10.1. The fourth-order valence-corrected chi connectivity index (χ4v) is 0.806. The average molecular weight is 243 g/mol. The van der Waals surface area contributed by atoms with Crippen LogP contribution in [0.25, 0.3) is 6.08 Å². The van der Waals surface area contributed by atoms with Crippen molar-refractivity contribution in [1.82, 2.24) is 0 Å². The van der Waals surface area contributed by atoms with Crippen LogP contribution in [-0.4, -0.2) is 16.2 Å². The molecule has 0 spiro atoms. The van der Waals surface area contributed by atoms with Crippen LogP contribution in [0.5, 0.6) is 11.5 Å². The number of hydrogen-bond donors (Lipinski definition) is 2. The number of carbonyl (C=O) groups is 1. The summed E-state index contributed by atoms with van der Waals surface area (Å²) in [5.41, 5.74) is 0.472. The Morgan fingerprint density at radius 2 is 2.07 bits per heavy atom. The number of phenols is 1. The van der Waals surface area contributed by atoms with Gasteiger partial charge in [0.05, 0.1) is 0 Å². The fraction of sp³-hybridized carbons (Fsp3) is 0. The second-order valence-electron chi connectivity index (χ2n) is 2.40. The topological polar surface area (TPSA) is 80.6 Å². The summed E-state index contributed by atoms with van der Waals surface area (Å²) in [6, 6.07) is 3.82. The summed E-state index contributed by atoms with van der Waals surface area (Å²) in [7, 11) is 0. The summed E-state index contributed by atoms with van der Waals surface area (Å²) < 4.78 is 0. The molecule has 4 nitrogen and oxygen atoms in total. The van der Waals surface area contributed by atoms with Crippen LogP contribution in [0.4, 0.5) is 0 Å². The largest absolute Gasteiger partial charge is 1.00 e. The molecule has 0 unspecified atom stereocenters. The van der Waals surface area contributed by atoms with Crippen molar-refractivity contribution in [3.63, 3.8) is 0 Å². The van der Waals surface area contributed by atoms with E-state index in [1.54, 1.807) is 0 Å². The number of carboxylic acids is 1. The van der Waals surface area contributed by atoms with Crippen molar-refractivity contribution in [2.45, 2.75) is 0 Å². The van der Waals surface area contributed by atoms with E-state index in [1.165, 1.54) is 24.3 Å². The number of rotatable bonds is 2. The molecule has 14 heavy (non-hydrogen) atoms. The van der Waals surface area contributed by atoms with Crippen LogP contribution in [0.3, 0.4) is 0 Å². The molecule has 2 N–H and O–H groups in total. The molecule has 0 atom stereocenters. The molecule has 0 aliphatic heterocycles. The molecule has 0 saturated heterocycles. The van der Waals surface area contributed by atoms with E-state index >= 15 is 0 Å². The maximum atomic E-state index is 10.7. The quantitative estimate of drug-likeness (QED) is 0.587. The first-order valence-corrected chi connectivity index (χ1v) is 3.50. The van der Waals surface area contributed by atoms with Gasteiger partial charge in [-0.3, -0.25) is 0 Å². The summed E-state index contributed by atoms with van der Waals surface area (Å²) in [6.45, 7) is 0. The van der Waals surface area contributed by atoms with Gasteiger partial charge in [0.25, 0.3) is 0 Å². The fourth-order valence-electron chi connectivity index (χ4n) is 0.806. The molecule has 0 amide bonds. The number of aliphatic carboxylic acids is 1. The van der Waals surface area contributed by atoms with Crippen molar-refractivity contribution in [3.8, 4) is 11.5 Å². The SMILES string of the molecule is O=C(O)/C=C/c1ccc([O-])c(O)c1.[Cu+]. The number of aromatic hydroxyl groups is 1. The first kappa shape index (κ1) is 12.5. The van der Waals surface area contributed by atoms with Crippen LogP contribution in [0, 0.1) is 0 Å². The normalized spacial score (nSPS) is 9.71. The first-order valence-electron chi connectivity index (χ1n) is 3.50. The van der Waals surface area contributed by atoms with E-state index < -0.39 is 11.7 Å². The number of benzene rings is 1. The summed E-state index contributed by atoms with van der Waals surface area (Å²) in [5, 5.41) is 28.0. The Kier molecular flexibility index (Phi) is 4.77. The Bertz CT molecular complexity index is 360. The zero-order chi connectivity index (χ0) is 9.84. The molecule has 0 saturated carbocycles. The number of carboxylic acid groups (broad SMARTS) is 1. The molecular formula is C9H7CuO4. The van der Waals surface area contributed by atoms with Gasteiger partial charge in [-0.2, -0.15) is 0 Å². The maximum Gasteiger partial charge on any atom is 1.00 e. The van der Waals surface area contributed by atoms with Gasteiger partial charge in [0.15, 0.2) is 0 Å².